The van der Waals surface area contributed by atoms with Gasteiger partial charge in [0.05, 0.1) is 18.8 Å². The van der Waals surface area contributed by atoms with Gasteiger partial charge in [0.2, 0.25) is 0 Å². The molecule has 0 unspecified atom stereocenters. The number of hydrogen-bond donors (Lipinski definition) is 0. The zero-order chi connectivity index (χ0) is 16.9. The van der Waals surface area contributed by atoms with Crippen molar-refractivity contribution in [3.8, 4) is 5.75 Å². The van der Waals surface area contributed by atoms with Gasteiger partial charge in [-0.15, -0.1) is 6.58 Å². The summed E-state index contributed by atoms with van der Waals surface area (Å²) in [6.45, 7) is 6.04. The van der Waals surface area contributed by atoms with E-state index in [0.29, 0.717) is 22.5 Å². The van der Waals surface area contributed by atoms with E-state index in [9.17, 15) is 8.42 Å². The van der Waals surface area contributed by atoms with Gasteiger partial charge in [-0.1, -0.05) is 40.2 Å². The van der Waals surface area contributed by atoms with Crippen molar-refractivity contribution in [2.24, 2.45) is 0 Å². The summed E-state index contributed by atoms with van der Waals surface area (Å²) in [5.41, 5.74) is 0.579. The molecule has 0 aliphatic carbocycles. The van der Waals surface area contributed by atoms with Gasteiger partial charge < -0.3 is 4.74 Å². The lowest BCUT2D eigenvalue weighted by Crippen LogP contribution is -2.31. The SMILES string of the molecule is C=CCN(c1ccccc1)S(=O)(=O)c1cc(Br)ccc1OCC. The lowest BCUT2D eigenvalue weighted by molar-refractivity contribution is 0.331. The van der Waals surface area contributed by atoms with Crippen LogP contribution in [-0.4, -0.2) is 21.6 Å². The normalized spacial score (nSPS) is 11.0. The number of rotatable bonds is 7. The second kappa shape index (κ2) is 7.66. The highest BCUT2D eigenvalue weighted by atomic mass is 79.9. The first-order valence-electron chi connectivity index (χ1n) is 7.11. The van der Waals surface area contributed by atoms with Crippen LogP contribution in [0.1, 0.15) is 6.92 Å². The van der Waals surface area contributed by atoms with Crippen LogP contribution in [0, 0.1) is 0 Å². The van der Waals surface area contributed by atoms with Crippen molar-refractivity contribution in [2.45, 2.75) is 11.8 Å². The molecule has 23 heavy (non-hydrogen) atoms. The topological polar surface area (TPSA) is 46.6 Å². The molecule has 122 valence electrons. The van der Waals surface area contributed by atoms with E-state index in [0.717, 1.165) is 0 Å². The largest absolute Gasteiger partial charge is 0.492 e. The Hall–Kier alpha value is -1.79. The van der Waals surface area contributed by atoms with E-state index in [1.807, 2.05) is 13.0 Å². The van der Waals surface area contributed by atoms with Crippen molar-refractivity contribution in [1.82, 2.24) is 0 Å². The van der Waals surface area contributed by atoms with E-state index < -0.39 is 10.0 Å². The number of halogens is 1. The Balaban J connectivity index is 2.58. The maximum Gasteiger partial charge on any atom is 0.268 e. The molecule has 2 rings (SSSR count). The van der Waals surface area contributed by atoms with E-state index in [2.05, 4.69) is 22.5 Å². The van der Waals surface area contributed by atoms with E-state index in [4.69, 9.17) is 4.74 Å². The highest BCUT2D eigenvalue weighted by Gasteiger charge is 2.27. The zero-order valence-electron chi connectivity index (χ0n) is 12.8. The Morgan fingerprint density at radius 1 is 1.22 bits per heavy atom. The Kier molecular flexibility index (Phi) is 5.85. The predicted molar refractivity (Wildman–Crippen MR) is 96.5 cm³/mol. The molecule has 0 N–H and O–H groups in total. The highest BCUT2D eigenvalue weighted by Crippen LogP contribution is 2.32. The third kappa shape index (κ3) is 3.95. The van der Waals surface area contributed by atoms with Gasteiger partial charge in [-0.3, -0.25) is 4.31 Å². The van der Waals surface area contributed by atoms with Crippen molar-refractivity contribution in [2.75, 3.05) is 17.5 Å². The molecule has 0 spiro atoms. The van der Waals surface area contributed by atoms with Crippen LogP contribution in [-0.2, 0) is 10.0 Å². The van der Waals surface area contributed by atoms with Crippen LogP contribution in [0.15, 0.2) is 70.6 Å². The summed E-state index contributed by atoms with van der Waals surface area (Å²) < 4.78 is 33.8. The fourth-order valence-corrected chi connectivity index (χ4v) is 4.24. The monoisotopic (exact) mass is 395 g/mol. The molecule has 0 aromatic heterocycles. The number of benzene rings is 2. The fourth-order valence-electron chi connectivity index (χ4n) is 2.13. The lowest BCUT2D eigenvalue weighted by Gasteiger charge is -2.24. The summed E-state index contributed by atoms with van der Waals surface area (Å²) in [6.07, 6.45) is 1.56. The summed E-state index contributed by atoms with van der Waals surface area (Å²) in [5.74, 6) is 0.334. The Morgan fingerprint density at radius 2 is 1.91 bits per heavy atom. The van der Waals surface area contributed by atoms with E-state index in [1.165, 1.54) is 4.31 Å². The number of nitrogens with zero attached hydrogens (tertiary/aromatic N) is 1. The van der Waals surface area contributed by atoms with Crippen LogP contribution in [0.5, 0.6) is 5.75 Å². The third-order valence-electron chi connectivity index (χ3n) is 3.11. The molecule has 0 atom stereocenters. The minimum Gasteiger partial charge on any atom is -0.492 e. The van der Waals surface area contributed by atoms with Crippen molar-refractivity contribution >= 4 is 31.6 Å². The fraction of sp³-hybridized carbons (Fsp3) is 0.176. The first kappa shape index (κ1) is 17.6. The van der Waals surface area contributed by atoms with Crippen LogP contribution in [0.3, 0.4) is 0 Å². The van der Waals surface area contributed by atoms with Gasteiger partial charge in [-0.05, 0) is 37.3 Å². The average Bonchev–Trinajstić information content (AvgIpc) is 2.55. The van der Waals surface area contributed by atoms with E-state index >= 15 is 0 Å². The van der Waals surface area contributed by atoms with Gasteiger partial charge in [-0.25, -0.2) is 8.42 Å². The smallest absolute Gasteiger partial charge is 0.268 e. The molecule has 0 bridgehead atoms. The second-order valence-electron chi connectivity index (χ2n) is 4.68. The predicted octanol–water partition coefficient (Wildman–Crippen LogP) is 4.23. The van der Waals surface area contributed by atoms with Crippen molar-refractivity contribution in [1.29, 1.82) is 0 Å². The van der Waals surface area contributed by atoms with Gasteiger partial charge in [0.1, 0.15) is 10.6 Å². The van der Waals surface area contributed by atoms with Crippen LogP contribution in [0.25, 0.3) is 0 Å². The number of hydrogen-bond acceptors (Lipinski definition) is 3. The number of sulfonamides is 1. The zero-order valence-corrected chi connectivity index (χ0v) is 15.2. The minimum absolute atomic E-state index is 0.124. The van der Waals surface area contributed by atoms with Gasteiger partial charge in [0.15, 0.2) is 0 Å². The quantitative estimate of drug-likeness (QED) is 0.658. The summed E-state index contributed by atoms with van der Waals surface area (Å²) in [6, 6.07) is 13.9. The van der Waals surface area contributed by atoms with Gasteiger partial charge in [0.25, 0.3) is 10.0 Å². The first-order chi connectivity index (χ1) is 11.0. The summed E-state index contributed by atoms with van der Waals surface area (Å²) in [7, 11) is -3.78. The molecule has 0 saturated heterocycles. The molecule has 0 radical (unpaired) electrons. The molecule has 0 aliphatic heterocycles. The molecular formula is C17H18BrNO3S. The first-order valence-corrected chi connectivity index (χ1v) is 9.35. The molecule has 0 amide bonds. The van der Waals surface area contributed by atoms with Crippen molar-refractivity contribution < 1.29 is 13.2 Å². The second-order valence-corrected chi connectivity index (χ2v) is 7.43. The maximum atomic E-state index is 13.1. The highest BCUT2D eigenvalue weighted by molar-refractivity contribution is 9.10. The molecule has 0 heterocycles. The minimum atomic E-state index is -3.78. The summed E-state index contributed by atoms with van der Waals surface area (Å²) >= 11 is 3.33. The molecule has 0 fully saturated rings. The molecule has 2 aromatic rings. The van der Waals surface area contributed by atoms with Crippen LogP contribution in [0.4, 0.5) is 5.69 Å². The third-order valence-corrected chi connectivity index (χ3v) is 5.42. The van der Waals surface area contributed by atoms with Crippen LogP contribution < -0.4 is 9.04 Å². The number of ether oxygens (including phenoxy) is 1. The molecule has 6 heteroatoms. The maximum absolute atomic E-state index is 13.1. The average molecular weight is 396 g/mol. The number of para-hydroxylation sites is 1. The molecule has 0 saturated carbocycles. The molecule has 2 aromatic carbocycles. The Labute approximate surface area is 145 Å². The van der Waals surface area contributed by atoms with Gasteiger partial charge in [0, 0.05) is 4.47 Å². The Morgan fingerprint density at radius 3 is 2.52 bits per heavy atom. The van der Waals surface area contributed by atoms with Gasteiger partial charge in [-0.2, -0.15) is 0 Å². The van der Waals surface area contributed by atoms with Crippen LogP contribution >= 0.6 is 15.9 Å². The number of anilines is 1. The standard InChI is InChI=1S/C17H18BrNO3S/c1-3-12-19(15-8-6-5-7-9-15)23(20,21)17-13-14(18)10-11-16(17)22-4-2/h3,5-11,13H,1,4,12H2,2H3. The lowest BCUT2D eigenvalue weighted by atomic mass is 10.3. The van der Waals surface area contributed by atoms with Gasteiger partial charge >= 0.3 is 0 Å². The van der Waals surface area contributed by atoms with Crippen LogP contribution in [0.2, 0.25) is 0 Å². The molecular weight excluding hydrogens is 378 g/mol. The molecule has 4 nitrogen and oxygen atoms in total. The summed E-state index contributed by atoms with van der Waals surface area (Å²) in [5, 5.41) is 0. The van der Waals surface area contributed by atoms with Crippen molar-refractivity contribution in [3.63, 3.8) is 0 Å². The Bertz CT molecular complexity index is 776. The summed E-state index contributed by atoms with van der Waals surface area (Å²) in [4.78, 5) is 0.124. The van der Waals surface area contributed by atoms with Crippen molar-refractivity contribution in [3.05, 3.63) is 65.7 Å². The van der Waals surface area contributed by atoms with E-state index in [-0.39, 0.29) is 11.4 Å². The van der Waals surface area contributed by atoms with E-state index in [1.54, 1.807) is 48.5 Å². The molecule has 0 aliphatic rings.